The number of fused-ring (bicyclic) bond motifs is 1. The van der Waals surface area contributed by atoms with Crippen molar-refractivity contribution in [3.63, 3.8) is 0 Å². The maximum atomic E-state index is 14.0. The van der Waals surface area contributed by atoms with Crippen molar-refractivity contribution in [3.8, 4) is 0 Å². The zero-order valence-electron chi connectivity index (χ0n) is 15.3. The number of anilines is 1. The highest BCUT2D eigenvalue weighted by atomic mass is 32.1. The van der Waals surface area contributed by atoms with E-state index in [0.717, 1.165) is 44.7 Å². The van der Waals surface area contributed by atoms with Crippen LogP contribution in [-0.2, 0) is 4.79 Å². The minimum atomic E-state index is -0.680. The van der Waals surface area contributed by atoms with Gasteiger partial charge in [0.15, 0.2) is 10.9 Å². The van der Waals surface area contributed by atoms with E-state index in [1.54, 1.807) is 4.90 Å². The lowest BCUT2D eigenvalue weighted by Gasteiger charge is -2.28. The number of aromatic nitrogens is 1. The van der Waals surface area contributed by atoms with Crippen LogP contribution in [0.15, 0.2) is 12.1 Å². The Labute approximate surface area is 156 Å². The van der Waals surface area contributed by atoms with Crippen LogP contribution >= 0.6 is 11.3 Å². The first kappa shape index (κ1) is 19.2. The van der Waals surface area contributed by atoms with Crippen molar-refractivity contribution in [3.05, 3.63) is 23.8 Å². The van der Waals surface area contributed by atoms with Crippen LogP contribution in [0, 0.1) is 17.6 Å². The van der Waals surface area contributed by atoms with Gasteiger partial charge in [-0.3, -0.25) is 9.69 Å². The topological polar surface area (TPSA) is 36.4 Å². The van der Waals surface area contributed by atoms with Crippen LogP contribution in [0.1, 0.15) is 38.5 Å². The fourth-order valence-corrected chi connectivity index (χ4v) is 4.51. The maximum Gasteiger partial charge on any atom is 0.231 e. The molecule has 2 aromatic rings. The largest absolute Gasteiger partial charge is 0.309 e. The molecule has 0 bridgehead atoms. The molecule has 1 aromatic carbocycles. The average molecular weight is 381 g/mol. The van der Waals surface area contributed by atoms with E-state index in [9.17, 15) is 13.6 Å². The number of hydrogen-bond acceptors (Lipinski definition) is 4. The molecule has 1 aliphatic carbocycles. The van der Waals surface area contributed by atoms with Crippen molar-refractivity contribution in [2.45, 2.75) is 38.5 Å². The molecule has 1 aromatic heterocycles. The lowest BCUT2D eigenvalue weighted by Crippen LogP contribution is -2.38. The Kier molecular flexibility index (Phi) is 6.19. The maximum absolute atomic E-state index is 14.0. The molecule has 4 nitrogen and oxygen atoms in total. The fourth-order valence-electron chi connectivity index (χ4n) is 3.48. The molecule has 1 fully saturated rings. The van der Waals surface area contributed by atoms with E-state index in [1.165, 1.54) is 23.8 Å². The molecule has 1 amide bonds. The molecule has 0 spiro atoms. The van der Waals surface area contributed by atoms with E-state index in [2.05, 4.69) is 9.88 Å². The second kappa shape index (κ2) is 8.39. The summed E-state index contributed by atoms with van der Waals surface area (Å²) in [5.41, 5.74) is 0.139. The van der Waals surface area contributed by atoms with Gasteiger partial charge >= 0.3 is 0 Å². The third kappa shape index (κ3) is 4.38. The third-order valence-corrected chi connectivity index (χ3v) is 5.87. The highest BCUT2D eigenvalue weighted by Gasteiger charge is 2.29. The first-order valence-electron chi connectivity index (χ1n) is 9.17. The predicted octanol–water partition coefficient (Wildman–Crippen LogP) is 4.44. The minimum Gasteiger partial charge on any atom is -0.309 e. The van der Waals surface area contributed by atoms with Gasteiger partial charge in [0, 0.05) is 18.5 Å². The first-order valence-corrected chi connectivity index (χ1v) is 9.99. The molecule has 142 valence electrons. The summed E-state index contributed by atoms with van der Waals surface area (Å²) in [6, 6.07) is 2.12. The van der Waals surface area contributed by atoms with Crippen LogP contribution in [0.3, 0.4) is 0 Å². The molecular weight excluding hydrogens is 356 g/mol. The molecule has 0 atom stereocenters. The Morgan fingerprint density at radius 1 is 1.19 bits per heavy atom. The molecule has 0 radical (unpaired) electrons. The van der Waals surface area contributed by atoms with Gasteiger partial charge in [-0.1, -0.05) is 30.6 Å². The number of rotatable bonds is 6. The van der Waals surface area contributed by atoms with Crippen molar-refractivity contribution < 1.29 is 13.6 Å². The van der Waals surface area contributed by atoms with Gasteiger partial charge in [0.25, 0.3) is 0 Å². The van der Waals surface area contributed by atoms with Crippen molar-refractivity contribution in [1.29, 1.82) is 0 Å². The predicted molar refractivity (Wildman–Crippen MR) is 102 cm³/mol. The summed E-state index contributed by atoms with van der Waals surface area (Å²) in [4.78, 5) is 21.2. The number of amides is 1. The number of thiazole rings is 1. The number of hydrogen-bond donors (Lipinski definition) is 0. The molecular formula is C19H25F2N3OS. The van der Waals surface area contributed by atoms with Gasteiger partial charge < -0.3 is 4.90 Å². The third-order valence-electron chi connectivity index (χ3n) is 4.84. The zero-order chi connectivity index (χ0) is 18.7. The van der Waals surface area contributed by atoms with Crippen LogP contribution in [0.25, 0.3) is 10.2 Å². The Bertz CT molecular complexity index is 771. The fraction of sp³-hybridized carbons (Fsp3) is 0.579. The lowest BCUT2D eigenvalue weighted by atomic mass is 9.88. The Balaban J connectivity index is 1.88. The number of carbonyl (C=O) groups excluding carboxylic acids is 1. The number of nitrogens with zero attached hydrogens (tertiary/aromatic N) is 3. The SMILES string of the molecule is CN(C)CCCN(C(=O)C1CCCCC1)c1nc2c(F)cc(F)cc2s1. The van der Waals surface area contributed by atoms with E-state index in [0.29, 0.717) is 16.4 Å². The minimum absolute atomic E-state index is 0.0108. The van der Waals surface area contributed by atoms with E-state index >= 15 is 0 Å². The standard InChI is InChI=1S/C19H25F2N3OS/c1-23(2)9-6-10-24(18(25)13-7-4-3-5-8-13)19-22-17-15(21)11-14(20)12-16(17)26-19/h11-13H,3-10H2,1-2H3. The molecule has 0 aliphatic heterocycles. The molecule has 0 N–H and O–H groups in total. The van der Waals surface area contributed by atoms with Gasteiger partial charge in [0.1, 0.15) is 11.3 Å². The lowest BCUT2D eigenvalue weighted by molar-refractivity contribution is -0.123. The average Bonchev–Trinajstić information content (AvgIpc) is 3.02. The summed E-state index contributed by atoms with van der Waals surface area (Å²) in [5, 5.41) is 0.471. The molecule has 0 unspecified atom stereocenters. The van der Waals surface area contributed by atoms with Crippen LogP contribution in [0.2, 0.25) is 0 Å². The highest BCUT2D eigenvalue weighted by molar-refractivity contribution is 7.22. The van der Waals surface area contributed by atoms with Crippen molar-refractivity contribution in [2.75, 3.05) is 32.1 Å². The van der Waals surface area contributed by atoms with Crippen molar-refractivity contribution in [2.24, 2.45) is 5.92 Å². The van der Waals surface area contributed by atoms with Gasteiger partial charge in [0.05, 0.1) is 4.70 Å². The Morgan fingerprint density at radius 2 is 1.92 bits per heavy atom. The van der Waals surface area contributed by atoms with Crippen LogP contribution < -0.4 is 4.90 Å². The van der Waals surface area contributed by atoms with Crippen molar-refractivity contribution >= 4 is 32.6 Å². The molecule has 26 heavy (non-hydrogen) atoms. The molecule has 0 saturated heterocycles. The monoisotopic (exact) mass is 381 g/mol. The molecule has 3 rings (SSSR count). The van der Waals surface area contributed by atoms with E-state index in [4.69, 9.17) is 0 Å². The van der Waals surface area contributed by atoms with E-state index in [-0.39, 0.29) is 17.3 Å². The van der Waals surface area contributed by atoms with E-state index < -0.39 is 11.6 Å². The molecule has 1 aliphatic rings. The summed E-state index contributed by atoms with van der Waals surface area (Å²) < 4.78 is 28.0. The second-order valence-electron chi connectivity index (χ2n) is 7.21. The summed E-state index contributed by atoms with van der Waals surface area (Å²) in [5.74, 6) is -1.22. The smallest absolute Gasteiger partial charge is 0.231 e. The highest BCUT2D eigenvalue weighted by Crippen LogP contribution is 2.34. The number of benzene rings is 1. The number of halogens is 2. The normalized spacial score (nSPS) is 15.7. The van der Waals surface area contributed by atoms with Gasteiger partial charge in [-0.25, -0.2) is 13.8 Å². The zero-order valence-corrected chi connectivity index (χ0v) is 16.1. The number of carbonyl (C=O) groups is 1. The Morgan fingerprint density at radius 3 is 2.62 bits per heavy atom. The van der Waals surface area contributed by atoms with E-state index in [1.807, 2.05) is 14.1 Å². The van der Waals surface area contributed by atoms with Crippen LogP contribution in [0.4, 0.5) is 13.9 Å². The van der Waals surface area contributed by atoms with Crippen LogP contribution in [0.5, 0.6) is 0 Å². The first-order chi connectivity index (χ1) is 12.5. The van der Waals surface area contributed by atoms with Gasteiger partial charge in [-0.05, 0) is 46.0 Å². The van der Waals surface area contributed by atoms with Crippen LogP contribution in [-0.4, -0.2) is 43.0 Å². The molecule has 1 saturated carbocycles. The summed E-state index contributed by atoms with van der Waals surface area (Å²) in [7, 11) is 3.98. The Hall–Kier alpha value is -1.60. The summed E-state index contributed by atoms with van der Waals surface area (Å²) in [6.07, 6.45) is 5.92. The molecule has 1 heterocycles. The van der Waals surface area contributed by atoms with Gasteiger partial charge in [0.2, 0.25) is 5.91 Å². The summed E-state index contributed by atoms with van der Waals surface area (Å²) in [6.45, 7) is 1.39. The second-order valence-corrected chi connectivity index (χ2v) is 8.22. The summed E-state index contributed by atoms with van der Waals surface area (Å²) >= 11 is 1.19. The quantitative estimate of drug-likeness (QED) is 0.742. The van der Waals surface area contributed by atoms with Gasteiger partial charge in [-0.15, -0.1) is 0 Å². The van der Waals surface area contributed by atoms with Crippen molar-refractivity contribution in [1.82, 2.24) is 9.88 Å². The molecule has 7 heteroatoms. The van der Waals surface area contributed by atoms with Gasteiger partial charge in [-0.2, -0.15) is 0 Å².